The molecule has 0 radical (unpaired) electrons. The van der Waals surface area contributed by atoms with E-state index in [1.165, 1.54) is 11.1 Å². The number of anilines is 1. The maximum absolute atomic E-state index is 5.52. The molecule has 2 aliphatic heterocycles. The summed E-state index contributed by atoms with van der Waals surface area (Å²) in [6.07, 6.45) is 3.90. The first-order valence-electron chi connectivity index (χ1n) is 11.9. The van der Waals surface area contributed by atoms with Crippen molar-refractivity contribution >= 4 is 5.95 Å². The van der Waals surface area contributed by atoms with Crippen molar-refractivity contribution in [3.8, 4) is 28.4 Å². The van der Waals surface area contributed by atoms with Crippen LogP contribution in [0.15, 0.2) is 60.9 Å². The Hall–Kier alpha value is -3.91. The quantitative estimate of drug-likeness (QED) is 0.439. The Morgan fingerprint density at radius 2 is 1.69 bits per heavy atom. The van der Waals surface area contributed by atoms with Gasteiger partial charge in [0, 0.05) is 50.7 Å². The Kier molecular flexibility index (Phi) is 5.58. The third kappa shape index (κ3) is 4.44. The summed E-state index contributed by atoms with van der Waals surface area (Å²) in [4.78, 5) is 14.2. The van der Waals surface area contributed by atoms with Gasteiger partial charge in [-0.3, -0.25) is 4.90 Å². The zero-order valence-electron chi connectivity index (χ0n) is 20.0. The van der Waals surface area contributed by atoms with Gasteiger partial charge in [0.15, 0.2) is 11.5 Å². The van der Waals surface area contributed by atoms with Crippen LogP contribution in [0.2, 0.25) is 0 Å². The monoisotopic (exact) mass is 468 g/mol. The Bertz CT molecular complexity index is 1340. The van der Waals surface area contributed by atoms with E-state index in [4.69, 9.17) is 19.6 Å². The maximum atomic E-state index is 5.52. The van der Waals surface area contributed by atoms with Crippen LogP contribution in [-0.2, 0) is 6.54 Å². The van der Waals surface area contributed by atoms with Crippen LogP contribution in [0.5, 0.6) is 11.5 Å². The van der Waals surface area contributed by atoms with Gasteiger partial charge in [-0.15, -0.1) is 0 Å². The van der Waals surface area contributed by atoms with Crippen LogP contribution >= 0.6 is 0 Å². The van der Waals surface area contributed by atoms with Crippen molar-refractivity contribution in [3.63, 3.8) is 0 Å². The smallest absolute Gasteiger partial charge is 0.231 e. The van der Waals surface area contributed by atoms with Gasteiger partial charge in [-0.05, 0) is 49.7 Å². The molecule has 0 unspecified atom stereocenters. The van der Waals surface area contributed by atoms with Crippen LogP contribution in [0.1, 0.15) is 16.8 Å². The zero-order chi connectivity index (χ0) is 23.8. The molecule has 0 bridgehead atoms. The summed E-state index contributed by atoms with van der Waals surface area (Å²) in [6, 6.07) is 16.5. The second kappa shape index (κ2) is 9.03. The van der Waals surface area contributed by atoms with E-state index in [0.717, 1.165) is 72.8 Å². The van der Waals surface area contributed by atoms with E-state index < -0.39 is 0 Å². The van der Waals surface area contributed by atoms with Gasteiger partial charge in [0.1, 0.15) is 0 Å². The van der Waals surface area contributed by atoms with Crippen molar-refractivity contribution in [1.29, 1.82) is 0 Å². The molecule has 0 spiro atoms. The second-order valence-corrected chi connectivity index (χ2v) is 9.10. The molecule has 0 atom stereocenters. The minimum Gasteiger partial charge on any atom is -0.454 e. The first kappa shape index (κ1) is 21.6. The third-order valence-corrected chi connectivity index (χ3v) is 6.61. The van der Waals surface area contributed by atoms with Crippen LogP contribution in [0.3, 0.4) is 0 Å². The standard InChI is InChI=1S/C27H28N6O2/c1-19-3-6-22(7-4-19)33-17-23(20(2)30-33)24-9-10-28-27(29-24)32-13-11-31(12-14-32)16-21-5-8-25-26(15-21)35-18-34-25/h3-10,15,17H,11-14,16,18H2,1-2H3. The highest BCUT2D eigenvalue weighted by Crippen LogP contribution is 2.33. The Labute approximate surface area is 204 Å². The van der Waals surface area contributed by atoms with Gasteiger partial charge < -0.3 is 14.4 Å². The fourth-order valence-electron chi connectivity index (χ4n) is 4.60. The molecule has 1 fully saturated rings. The number of hydrogen-bond acceptors (Lipinski definition) is 7. The summed E-state index contributed by atoms with van der Waals surface area (Å²) in [7, 11) is 0. The minimum absolute atomic E-state index is 0.308. The summed E-state index contributed by atoms with van der Waals surface area (Å²) in [5.74, 6) is 2.44. The van der Waals surface area contributed by atoms with Crippen LogP contribution in [0.4, 0.5) is 5.95 Å². The van der Waals surface area contributed by atoms with Crippen LogP contribution in [0, 0.1) is 13.8 Å². The van der Waals surface area contributed by atoms with Crippen molar-refractivity contribution in [2.45, 2.75) is 20.4 Å². The fourth-order valence-corrected chi connectivity index (χ4v) is 4.60. The van der Waals surface area contributed by atoms with E-state index in [9.17, 15) is 0 Å². The summed E-state index contributed by atoms with van der Waals surface area (Å²) in [5.41, 5.74) is 6.38. The van der Waals surface area contributed by atoms with Gasteiger partial charge in [0.2, 0.25) is 12.7 Å². The number of ether oxygens (including phenoxy) is 2. The summed E-state index contributed by atoms with van der Waals surface area (Å²) < 4.78 is 12.9. The second-order valence-electron chi connectivity index (χ2n) is 9.10. The van der Waals surface area contributed by atoms with E-state index >= 15 is 0 Å². The van der Waals surface area contributed by atoms with Crippen LogP contribution in [0.25, 0.3) is 16.9 Å². The lowest BCUT2D eigenvalue weighted by molar-refractivity contribution is 0.174. The molecular formula is C27H28N6O2. The molecule has 6 rings (SSSR count). The molecule has 0 aliphatic carbocycles. The third-order valence-electron chi connectivity index (χ3n) is 6.61. The number of hydrogen-bond donors (Lipinski definition) is 0. The highest BCUT2D eigenvalue weighted by atomic mass is 16.7. The van der Waals surface area contributed by atoms with Crippen LogP contribution in [-0.4, -0.2) is 57.6 Å². The van der Waals surface area contributed by atoms with E-state index in [-0.39, 0.29) is 0 Å². The normalized spacial score (nSPS) is 15.5. The van der Waals surface area contributed by atoms with Crippen molar-refractivity contribution < 1.29 is 9.47 Å². The predicted molar refractivity (Wildman–Crippen MR) is 134 cm³/mol. The largest absolute Gasteiger partial charge is 0.454 e. The average molecular weight is 469 g/mol. The number of nitrogens with zero attached hydrogens (tertiary/aromatic N) is 6. The lowest BCUT2D eigenvalue weighted by Crippen LogP contribution is -2.46. The number of benzene rings is 2. The average Bonchev–Trinajstić information content (AvgIpc) is 3.51. The molecule has 4 heterocycles. The zero-order valence-corrected chi connectivity index (χ0v) is 20.0. The van der Waals surface area contributed by atoms with Crippen molar-refractivity contribution in [1.82, 2.24) is 24.6 Å². The molecule has 2 aliphatic rings. The highest BCUT2D eigenvalue weighted by Gasteiger charge is 2.21. The molecule has 8 heteroatoms. The first-order chi connectivity index (χ1) is 17.1. The number of aromatic nitrogens is 4. The first-order valence-corrected chi connectivity index (χ1v) is 11.9. The molecular weight excluding hydrogens is 440 g/mol. The Morgan fingerprint density at radius 1 is 0.886 bits per heavy atom. The number of piperazine rings is 1. The molecule has 0 amide bonds. The molecule has 8 nitrogen and oxygen atoms in total. The number of aryl methyl sites for hydroxylation is 2. The van der Waals surface area contributed by atoms with Crippen molar-refractivity contribution in [3.05, 3.63) is 77.7 Å². The molecule has 0 N–H and O–H groups in total. The summed E-state index contributed by atoms with van der Waals surface area (Å²) in [6.45, 7) is 8.98. The molecule has 35 heavy (non-hydrogen) atoms. The SMILES string of the molecule is Cc1ccc(-n2cc(-c3ccnc(N4CCN(Cc5ccc6c(c5)OCO6)CC4)n3)c(C)n2)cc1. The van der Waals surface area contributed by atoms with E-state index in [2.05, 4.69) is 64.3 Å². The Morgan fingerprint density at radius 3 is 2.51 bits per heavy atom. The highest BCUT2D eigenvalue weighted by molar-refractivity contribution is 5.62. The van der Waals surface area contributed by atoms with Crippen molar-refractivity contribution in [2.75, 3.05) is 37.9 Å². The fraction of sp³-hybridized carbons (Fsp3) is 0.296. The van der Waals surface area contributed by atoms with Crippen molar-refractivity contribution in [2.24, 2.45) is 0 Å². The van der Waals surface area contributed by atoms with E-state index in [1.807, 2.05) is 29.9 Å². The molecule has 4 aromatic rings. The minimum atomic E-state index is 0.308. The number of fused-ring (bicyclic) bond motifs is 1. The van der Waals surface area contributed by atoms with Gasteiger partial charge in [-0.2, -0.15) is 5.10 Å². The maximum Gasteiger partial charge on any atom is 0.231 e. The van der Waals surface area contributed by atoms with Crippen LogP contribution < -0.4 is 14.4 Å². The predicted octanol–water partition coefficient (Wildman–Crippen LogP) is 4.00. The molecule has 1 saturated heterocycles. The lowest BCUT2D eigenvalue weighted by Gasteiger charge is -2.34. The van der Waals surface area contributed by atoms with Gasteiger partial charge in [-0.25, -0.2) is 14.6 Å². The summed E-state index contributed by atoms with van der Waals surface area (Å²) >= 11 is 0. The lowest BCUT2D eigenvalue weighted by atomic mass is 10.1. The topological polar surface area (TPSA) is 68.5 Å². The Balaban J connectivity index is 1.13. The molecule has 2 aromatic heterocycles. The van der Waals surface area contributed by atoms with E-state index in [0.29, 0.717) is 6.79 Å². The van der Waals surface area contributed by atoms with Gasteiger partial charge in [0.25, 0.3) is 0 Å². The van der Waals surface area contributed by atoms with E-state index in [1.54, 1.807) is 0 Å². The van der Waals surface area contributed by atoms with Gasteiger partial charge >= 0.3 is 0 Å². The summed E-state index contributed by atoms with van der Waals surface area (Å²) in [5, 5.41) is 4.72. The van der Waals surface area contributed by atoms with Gasteiger partial charge in [0.05, 0.1) is 17.1 Å². The van der Waals surface area contributed by atoms with Gasteiger partial charge in [-0.1, -0.05) is 23.8 Å². The molecule has 178 valence electrons. The number of rotatable bonds is 5. The molecule has 0 saturated carbocycles. The molecule has 2 aromatic carbocycles.